The van der Waals surface area contributed by atoms with Crippen molar-refractivity contribution < 1.29 is 14.8 Å². The van der Waals surface area contributed by atoms with E-state index in [0.29, 0.717) is 11.3 Å². The lowest BCUT2D eigenvalue weighted by molar-refractivity contribution is -0.385. The van der Waals surface area contributed by atoms with Crippen LogP contribution < -0.4 is 4.74 Å². The van der Waals surface area contributed by atoms with Gasteiger partial charge in [-0.05, 0) is 54.7 Å². The average Bonchev–Trinajstić information content (AvgIpc) is 2.66. The van der Waals surface area contributed by atoms with Gasteiger partial charge in [0.25, 0.3) is 5.69 Å². The van der Waals surface area contributed by atoms with Crippen molar-refractivity contribution >= 4 is 16.6 Å². The van der Waals surface area contributed by atoms with Crippen molar-refractivity contribution in [3.63, 3.8) is 0 Å². The van der Waals surface area contributed by atoms with E-state index in [4.69, 9.17) is 4.74 Å². The molecular formula is C20H18N2O4. The number of aliphatic hydroxyl groups is 1. The van der Waals surface area contributed by atoms with Crippen LogP contribution in [0.3, 0.4) is 0 Å². The van der Waals surface area contributed by atoms with E-state index in [2.05, 4.69) is 4.98 Å². The molecule has 4 rings (SSSR count). The van der Waals surface area contributed by atoms with Crippen LogP contribution in [0.1, 0.15) is 35.6 Å². The van der Waals surface area contributed by atoms with E-state index < -0.39 is 11.0 Å². The molecule has 0 aliphatic heterocycles. The lowest BCUT2D eigenvalue weighted by Crippen LogP contribution is -2.10. The average molecular weight is 350 g/mol. The first-order chi connectivity index (χ1) is 12.6. The number of aromatic nitrogens is 1. The van der Waals surface area contributed by atoms with E-state index in [0.717, 1.165) is 41.3 Å². The third-order valence-corrected chi connectivity index (χ3v) is 4.80. The number of nitro groups is 1. The second kappa shape index (κ2) is 6.72. The molecule has 0 amide bonds. The van der Waals surface area contributed by atoms with Crippen LogP contribution in [0.5, 0.6) is 5.75 Å². The quantitative estimate of drug-likeness (QED) is 0.566. The highest BCUT2D eigenvalue weighted by Gasteiger charge is 2.21. The number of nitrogens with zero attached hydrogens (tertiary/aromatic N) is 2. The largest absolute Gasteiger partial charge is 0.489 e. The van der Waals surface area contributed by atoms with Gasteiger partial charge in [0.05, 0.1) is 22.1 Å². The molecule has 1 aliphatic carbocycles. The number of pyridine rings is 1. The molecule has 26 heavy (non-hydrogen) atoms. The summed E-state index contributed by atoms with van der Waals surface area (Å²) in [7, 11) is 0. The van der Waals surface area contributed by atoms with E-state index in [1.54, 1.807) is 24.3 Å². The Kier molecular flexibility index (Phi) is 4.26. The summed E-state index contributed by atoms with van der Waals surface area (Å²) < 4.78 is 5.80. The molecule has 0 saturated carbocycles. The number of benzene rings is 2. The molecule has 1 atom stereocenters. The molecule has 1 aliphatic rings. The van der Waals surface area contributed by atoms with Crippen molar-refractivity contribution in [3.05, 3.63) is 75.5 Å². The van der Waals surface area contributed by atoms with Gasteiger partial charge < -0.3 is 9.84 Å². The minimum Gasteiger partial charge on any atom is -0.489 e. The van der Waals surface area contributed by atoms with Gasteiger partial charge in [0.15, 0.2) is 0 Å². The molecule has 1 N–H and O–H groups in total. The topological polar surface area (TPSA) is 85.5 Å². The molecule has 0 bridgehead atoms. The third-order valence-electron chi connectivity index (χ3n) is 4.80. The van der Waals surface area contributed by atoms with E-state index in [1.807, 2.05) is 18.3 Å². The SMILES string of the molecule is O=[N+]([O-])c1ccccc1COc1ccc2ncc3c(c2c1)C(O)CCC3. The van der Waals surface area contributed by atoms with Crippen molar-refractivity contribution in [2.45, 2.75) is 32.0 Å². The molecule has 132 valence electrons. The molecule has 1 aromatic heterocycles. The summed E-state index contributed by atoms with van der Waals surface area (Å²) in [5.74, 6) is 0.601. The maximum absolute atomic E-state index is 11.1. The second-order valence-corrected chi connectivity index (χ2v) is 6.46. The summed E-state index contributed by atoms with van der Waals surface area (Å²) in [6, 6.07) is 12.1. The number of nitro benzene ring substituents is 1. The molecule has 6 nitrogen and oxygen atoms in total. The minimum atomic E-state index is -0.491. The third kappa shape index (κ3) is 2.99. The summed E-state index contributed by atoms with van der Waals surface area (Å²) in [5, 5.41) is 22.4. The Balaban J connectivity index is 1.66. The van der Waals surface area contributed by atoms with E-state index >= 15 is 0 Å². The van der Waals surface area contributed by atoms with E-state index in [1.165, 1.54) is 6.07 Å². The zero-order valence-corrected chi connectivity index (χ0v) is 14.1. The van der Waals surface area contributed by atoms with Crippen molar-refractivity contribution in [1.82, 2.24) is 4.98 Å². The van der Waals surface area contributed by atoms with Crippen molar-refractivity contribution in [2.24, 2.45) is 0 Å². The Bertz CT molecular complexity index is 987. The highest BCUT2D eigenvalue weighted by Crippen LogP contribution is 2.36. The summed E-state index contributed by atoms with van der Waals surface area (Å²) in [4.78, 5) is 15.2. The lowest BCUT2D eigenvalue weighted by Gasteiger charge is -2.22. The minimum absolute atomic E-state index is 0.0442. The Morgan fingerprint density at radius 3 is 2.96 bits per heavy atom. The van der Waals surface area contributed by atoms with Crippen molar-refractivity contribution in [3.8, 4) is 5.75 Å². The first kappa shape index (κ1) is 16.5. The Labute approximate surface area is 150 Å². The predicted molar refractivity (Wildman–Crippen MR) is 97.1 cm³/mol. The highest BCUT2D eigenvalue weighted by atomic mass is 16.6. The molecular weight excluding hydrogens is 332 g/mol. The number of aryl methyl sites for hydroxylation is 1. The molecule has 0 spiro atoms. The molecule has 0 radical (unpaired) electrons. The smallest absolute Gasteiger partial charge is 0.276 e. The number of rotatable bonds is 4. The van der Waals surface area contributed by atoms with Crippen LogP contribution in [0.2, 0.25) is 0 Å². The van der Waals surface area contributed by atoms with Gasteiger partial charge in [0.1, 0.15) is 12.4 Å². The molecule has 3 aromatic rings. The number of aliphatic hydroxyl groups excluding tert-OH is 1. The van der Waals surface area contributed by atoms with E-state index in [-0.39, 0.29) is 12.3 Å². The van der Waals surface area contributed by atoms with Gasteiger partial charge in [-0.2, -0.15) is 0 Å². The van der Waals surface area contributed by atoms with Crippen LogP contribution in [0.15, 0.2) is 48.7 Å². The second-order valence-electron chi connectivity index (χ2n) is 6.46. The number of para-hydroxylation sites is 1. The van der Waals surface area contributed by atoms with Gasteiger partial charge in [-0.1, -0.05) is 12.1 Å². The van der Waals surface area contributed by atoms with Gasteiger partial charge in [0, 0.05) is 17.6 Å². The molecule has 6 heteroatoms. The number of ether oxygens (including phenoxy) is 1. The first-order valence-electron chi connectivity index (χ1n) is 8.58. The molecule has 1 unspecified atom stereocenters. The van der Waals surface area contributed by atoms with Gasteiger partial charge >= 0.3 is 0 Å². The maximum atomic E-state index is 11.1. The fourth-order valence-electron chi connectivity index (χ4n) is 3.52. The van der Waals surface area contributed by atoms with Crippen molar-refractivity contribution in [1.29, 1.82) is 0 Å². The van der Waals surface area contributed by atoms with Gasteiger partial charge in [-0.3, -0.25) is 15.1 Å². The van der Waals surface area contributed by atoms with Crippen LogP contribution in [-0.2, 0) is 13.0 Å². The number of fused-ring (bicyclic) bond motifs is 3. The maximum Gasteiger partial charge on any atom is 0.276 e. The van der Waals surface area contributed by atoms with Crippen LogP contribution in [0, 0.1) is 10.1 Å². The van der Waals surface area contributed by atoms with Crippen LogP contribution >= 0.6 is 0 Å². The zero-order valence-electron chi connectivity index (χ0n) is 14.1. The predicted octanol–water partition coefficient (Wildman–Crippen LogP) is 4.09. The summed E-state index contributed by atoms with van der Waals surface area (Å²) >= 11 is 0. The standard InChI is InChI=1S/C20H18N2O4/c23-19-7-3-5-13-11-21-17-9-8-15(10-16(17)20(13)19)26-12-14-4-1-2-6-18(14)22(24)25/h1-2,4,6,8-11,19,23H,3,5,7,12H2. The van der Waals surface area contributed by atoms with E-state index in [9.17, 15) is 15.2 Å². The zero-order chi connectivity index (χ0) is 18.1. The molecule has 0 fully saturated rings. The van der Waals surface area contributed by atoms with Crippen LogP contribution in [0.25, 0.3) is 10.9 Å². The normalized spacial score (nSPS) is 16.3. The van der Waals surface area contributed by atoms with Gasteiger partial charge in [-0.25, -0.2) is 0 Å². The Morgan fingerprint density at radius 1 is 1.27 bits per heavy atom. The Morgan fingerprint density at radius 2 is 2.12 bits per heavy atom. The first-order valence-corrected chi connectivity index (χ1v) is 8.58. The monoisotopic (exact) mass is 350 g/mol. The summed E-state index contributed by atoms with van der Waals surface area (Å²) in [5.41, 5.74) is 3.38. The Hall–Kier alpha value is -2.99. The van der Waals surface area contributed by atoms with Gasteiger partial charge in [0.2, 0.25) is 0 Å². The molecule has 1 heterocycles. The van der Waals surface area contributed by atoms with Crippen LogP contribution in [0.4, 0.5) is 5.69 Å². The van der Waals surface area contributed by atoms with Crippen LogP contribution in [-0.4, -0.2) is 15.0 Å². The number of hydrogen-bond donors (Lipinski definition) is 1. The molecule has 2 aromatic carbocycles. The van der Waals surface area contributed by atoms with Gasteiger partial charge in [-0.15, -0.1) is 0 Å². The summed E-state index contributed by atoms with van der Waals surface area (Å²) in [6.07, 6.45) is 3.96. The lowest BCUT2D eigenvalue weighted by atomic mass is 9.88. The highest BCUT2D eigenvalue weighted by molar-refractivity contribution is 5.85. The summed E-state index contributed by atoms with van der Waals surface area (Å²) in [6.45, 7) is 0.105. The fourth-order valence-corrected chi connectivity index (χ4v) is 3.52. The fraction of sp³-hybridized carbons (Fsp3) is 0.250. The van der Waals surface area contributed by atoms with Crippen molar-refractivity contribution in [2.75, 3.05) is 0 Å². The number of hydrogen-bond acceptors (Lipinski definition) is 5. The molecule has 0 saturated heterocycles.